The Kier molecular flexibility index (Phi) is 3.65. The molecular weight excluding hydrogens is 230 g/mol. The highest BCUT2D eigenvalue weighted by molar-refractivity contribution is 6.20. The van der Waals surface area contributed by atoms with Crippen LogP contribution in [0.2, 0.25) is 0 Å². The van der Waals surface area contributed by atoms with E-state index in [1.165, 1.54) is 0 Å². The maximum atomic E-state index is 11.9. The monoisotopic (exact) mass is 245 g/mol. The SMILES string of the molecule is CCC(=O)C1C(=O)CC(c2ccccn2)CC1=O. The molecule has 0 radical (unpaired) electrons. The quantitative estimate of drug-likeness (QED) is 0.760. The fourth-order valence-corrected chi connectivity index (χ4v) is 2.36. The Bertz CT molecular complexity index is 463. The zero-order valence-electron chi connectivity index (χ0n) is 10.3. The van der Waals surface area contributed by atoms with E-state index in [-0.39, 0.29) is 42.5 Å². The summed E-state index contributed by atoms with van der Waals surface area (Å²) in [5.74, 6) is -1.96. The summed E-state index contributed by atoms with van der Waals surface area (Å²) in [5, 5.41) is 0. The molecule has 0 atom stereocenters. The van der Waals surface area contributed by atoms with Gasteiger partial charge in [-0.3, -0.25) is 19.4 Å². The number of nitrogens with zero attached hydrogens (tertiary/aromatic N) is 1. The first kappa shape index (κ1) is 12.6. The standard InChI is InChI=1S/C14H15NO3/c1-2-11(16)14-12(17)7-9(8-13(14)18)10-5-3-4-6-15-10/h3-6,9,14H,2,7-8H2,1H3. The van der Waals surface area contributed by atoms with E-state index < -0.39 is 5.92 Å². The van der Waals surface area contributed by atoms with Gasteiger partial charge in [0, 0.05) is 37.1 Å². The van der Waals surface area contributed by atoms with Crippen LogP contribution in [0.25, 0.3) is 0 Å². The van der Waals surface area contributed by atoms with Gasteiger partial charge < -0.3 is 0 Å². The summed E-state index contributed by atoms with van der Waals surface area (Å²) in [6, 6.07) is 5.44. The lowest BCUT2D eigenvalue weighted by Gasteiger charge is -2.24. The Morgan fingerprint density at radius 2 is 1.94 bits per heavy atom. The van der Waals surface area contributed by atoms with E-state index in [2.05, 4.69) is 4.98 Å². The lowest BCUT2D eigenvalue weighted by atomic mass is 9.76. The third-order valence-electron chi connectivity index (χ3n) is 3.32. The van der Waals surface area contributed by atoms with Crippen molar-refractivity contribution in [3.8, 4) is 0 Å². The lowest BCUT2D eigenvalue weighted by Crippen LogP contribution is -2.37. The smallest absolute Gasteiger partial charge is 0.151 e. The van der Waals surface area contributed by atoms with Crippen molar-refractivity contribution in [2.45, 2.75) is 32.1 Å². The second-order valence-corrected chi connectivity index (χ2v) is 4.55. The molecule has 0 spiro atoms. The normalized spacial score (nSPS) is 24.1. The lowest BCUT2D eigenvalue weighted by molar-refractivity contribution is -0.142. The van der Waals surface area contributed by atoms with E-state index >= 15 is 0 Å². The van der Waals surface area contributed by atoms with Gasteiger partial charge in [0.15, 0.2) is 17.3 Å². The number of Topliss-reactive ketones (excluding diaryl/α,β-unsaturated/α-hetero) is 3. The Hall–Kier alpha value is -1.84. The molecule has 1 fully saturated rings. The molecule has 2 rings (SSSR count). The van der Waals surface area contributed by atoms with Crippen molar-refractivity contribution in [3.63, 3.8) is 0 Å². The van der Waals surface area contributed by atoms with Crippen LogP contribution in [0, 0.1) is 5.92 Å². The molecule has 0 N–H and O–H groups in total. The van der Waals surface area contributed by atoms with Gasteiger partial charge in [0.05, 0.1) is 0 Å². The van der Waals surface area contributed by atoms with Crippen LogP contribution in [-0.2, 0) is 14.4 Å². The highest BCUT2D eigenvalue weighted by Gasteiger charge is 2.39. The van der Waals surface area contributed by atoms with Crippen LogP contribution in [0.15, 0.2) is 24.4 Å². The number of hydrogen-bond acceptors (Lipinski definition) is 4. The average molecular weight is 245 g/mol. The topological polar surface area (TPSA) is 64.1 Å². The molecule has 4 nitrogen and oxygen atoms in total. The van der Waals surface area contributed by atoms with Crippen molar-refractivity contribution in [1.82, 2.24) is 4.98 Å². The molecule has 0 amide bonds. The van der Waals surface area contributed by atoms with Crippen LogP contribution >= 0.6 is 0 Å². The maximum Gasteiger partial charge on any atom is 0.151 e. The number of ketones is 3. The molecule has 18 heavy (non-hydrogen) atoms. The van der Waals surface area contributed by atoms with Gasteiger partial charge in [-0.05, 0) is 12.1 Å². The summed E-state index contributed by atoms with van der Waals surface area (Å²) in [6.07, 6.45) is 2.35. The summed E-state index contributed by atoms with van der Waals surface area (Å²) in [4.78, 5) is 39.6. The van der Waals surface area contributed by atoms with Gasteiger partial charge in [0.1, 0.15) is 5.92 Å². The summed E-state index contributed by atoms with van der Waals surface area (Å²) >= 11 is 0. The van der Waals surface area contributed by atoms with Crippen molar-refractivity contribution >= 4 is 17.3 Å². The van der Waals surface area contributed by atoms with Crippen LogP contribution in [0.4, 0.5) is 0 Å². The first-order valence-corrected chi connectivity index (χ1v) is 6.12. The van der Waals surface area contributed by atoms with E-state index in [4.69, 9.17) is 0 Å². The number of carbonyl (C=O) groups is 3. The molecule has 1 aromatic heterocycles. The summed E-state index contributed by atoms with van der Waals surface area (Å²) < 4.78 is 0. The second-order valence-electron chi connectivity index (χ2n) is 4.55. The predicted molar refractivity (Wildman–Crippen MR) is 65.0 cm³/mol. The van der Waals surface area contributed by atoms with Crippen LogP contribution in [0.5, 0.6) is 0 Å². The molecule has 0 saturated heterocycles. The molecule has 0 aromatic carbocycles. The van der Waals surface area contributed by atoms with E-state index in [1.54, 1.807) is 19.2 Å². The van der Waals surface area contributed by atoms with E-state index in [9.17, 15) is 14.4 Å². The van der Waals surface area contributed by atoms with E-state index in [0.29, 0.717) is 0 Å². The van der Waals surface area contributed by atoms with Crippen LogP contribution in [0.1, 0.15) is 37.8 Å². The fourth-order valence-electron chi connectivity index (χ4n) is 2.36. The third-order valence-corrected chi connectivity index (χ3v) is 3.32. The minimum atomic E-state index is -1.02. The highest BCUT2D eigenvalue weighted by atomic mass is 16.2. The second kappa shape index (κ2) is 5.21. The molecule has 1 heterocycles. The molecule has 94 valence electrons. The first-order valence-electron chi connectivity index (χ1n) is 6.12. The molecule has 1 aromatic rings. The molecule has 1 aliphatic carbocycles. The van der Waals surface area contributed by atoms with Crippen molar-refractivity contribution in [1.29, 1.82) is 0 Å². The fraction of sp³-hybridized carbons (Fsp3) is 0.429. The van der Waals surface area contributed by atoms with Crippen molar-refractivity contribution in [2.24, 2.45) is 5.92 Å². The van der Waals surface area contributed by atoms with Crippen LogP contribution in [0.3, 0.4) is 0 Å². The van der Waals surface area contributed by atoms with E-state index in [0.717, 1.165) is 5.69 Å². The first-order chi connectivity index (χ1) is 8.63. The van der Waals surface area contributed by atoms with Gasteiger partial charge in [0.25, 0.3) is 0 Å². The average Bonchev–Trinajstić information content (AvgIpc) is 2.38. The summed E-state index contributed by atoms with van der Waals surface area (Å²) in [6.45, 7) is 1.67. The van der Waals surface area contributed by atoms with Crippen molar-refractivity contribution < 1.29 is 14.4 Å². The van der Waals surface area contributed by atoms with Gasteiger partial charge in [-0.1, -0.05) is 13.0 Å². The summed E-state index contributed by atoms with van der Waals surface area (Å²) in [5.41, 5.74) is 0.751. The molecule has 1 saturated carbocycles. The Labute approximate surface area is 105 Å². The maximum absolute atomic E-state index is 11.9. The zero-order chi connectivity index (χ0) is 13.1. The minimum Gasteiger partial charge on any atom is -0.298 e. The van der Waals surface area contributed by atoms with E-state index in [1.807, 2.05) is 12.1 Å². The molecule has 0 aliphatic heterocycles. The molecule has 1 aliphatic rings. The minimum absolute atomic E-state index is 0.174. The van der Waals surface area contributed by atoms with Gasteiger partial charge in [-0.15, -0.1) is 0 Å². The molecule has 4 heteroatoms. The van der Waals surface area contributed by atoms with Gasteiger partial charge in [-0.2, -0.15) is 0 Å². The highest BCUT2D eigenvalue weighted by Crippen LogP contribution is 2.31. The third kappa shape index (κ3) is 2.37. The van der Waals surface area contributed by atoms with Crippen LogP contribution < -0.4 is 0 Å². The van der Waals surface area contributed by atoms with Gasteiger partial charge in [0.2, 0.25) is 0 Å². The number of pyridine rings is 1. The predicted octanol–water partition coefficient (Wildman–Crippen LogP) is 1.69. The Balaban J connectivity index is 2.17. The van der Waals surface area contributed by atoms with Gasteiger partial charge >= 0.3 is 0 Å². The number of aromatic nitrogens is 1. The number of carbonyl (C=O) groups excluding carboxylic acids is 3. The summed E-state index contributed by atoms with van der Waals surface area (Å²) in [7, 11) is 0. The van der Waals surface area contributed by atoms with Crippen LogP contribution in [-0.4, -0.2) is 22.3 Å². The number of rotatable bonds is 3. The molecular formula is C14H15NO3. The van der Waals surface area contributed by atoms with Crippen molar-refractivity contribution in [3.05, 3.63) is 30.1 Å². The Morgan fingerprint density at radius 3 is 2.44 bits per heavy atom. The van der Waals surface area contributed by atoms with Gasteiger partial charge in [-0.25, -0.2) is 0 Å². The zero-order valence-corrected chi connectivity index (χ0v) is 10.3. The number of hydrogen-bond donors (Lipinski definition) is 0. The molecule has 0 unspecified atom stereocenters. The van der Waals surface area contributed by atoms with Crippen molar-refractivity contribution in [2.75, 3.05) is 0 Å². The largest absolute Gasteiger partial charge is 0.298 e. The Morgan fingerprint density at radius 1 is 1.28 bits per heavy atom. The molecule has 0 bridgehead atoms.